The molecule has 0 bridgehead atoms. The van der Waals surface area contributed by atoms with Crippen LogP contribution in [0.2, 0.25) is 0 Å². The molecule has 0 radical (unpaired) electrons. The summed E-state index contributed by atoms with van der Waals surface area (Å²) < 4.78 is 11.2. The lowest BCUT2D eigenvalue weighted by molar-refractivity contribution is -0.144. The van der Waals surface area contributed by atoms with Gasteiger partial charge in [-0.25, -0.2) is 0 Å². The standard InChI is InChI=1S/C37H54N4O4.C3H8/c1-28-25-34(40-23-21-38(22-24-40)26-32-17-19-39(20-18-32)30(3)45-37(4,5)6)14-13-33(28)9-8-10-36(43)41(29(2)42)27-31-11-15-35(44-7)16-12-31;1-3-2/h11-16,25,32H,3,8-10,17-24,26-27H2,1-2,4-7H3;3H2,1-2H3. The third-order valence-corrected chi connectivity index (χ3v) is 8.99. The van der Waals surface area contributed by atoms with Crippen molar-refractivity contribution in [2.24, 2.45) is 5.92 Å². The van der Waals surface area contributed by atoms with Crippen molar-refractivity contribution in [1.29, 1.82) is 0 Å². The van der Waals surface area contributed by atoms with Gasteiger partial charge in [-0.3, -0.25) is 19.4 Å². The quantitative estimate of drug-likeness (QED) is 0.219. The van der Waals surface area contributed by atoms with Gasteiger partial charge in [0.25, 0.3) is 0 Å². The van der Waals surface area contributed by atoms with E-state index in [9.17, 15) is 9.59 Å². The molecule has 4 rings (SSSR count). The number of aryl methyl sites for hydroxylation is 2. The van der Waals surface area contributed by atoms with E-state index in [-0.39, 0.29) is 24.0 Å². The number of rotatable bonds is 12. The number of piperazine rings is 1. The number of imide groups is 1. The van der Waals surface area contributed by atoms with Crippen molar-refractivity contribution in [2.45, 2.75) is 99.1 Å². The molecule has 8 heteroatoms. The first-order valence-corrected chi connectivity index (χ1v) is 18.0. The number of methoxy groups -OCH3 is 1. The molecule has 48 heavy (non-hydrogen) atoms. The van der Waals surface area contributed by atoms with Gasteiger partial charge in [-0.1, -0.05) is 38.5 Å². The molecule has 0 aromatic heterocycles. The summed E-state index contributed by atoms with van der Waals surface area (Å²) in [5, 5.41) is 0. The summed E-state index contributed by atoms with van der Waals surface area (Å²) in [6.45, 7) is 26.0. The van der Waals surface area contributed by atoms with E-state index in [2.05, 4.69) is 81.0 Å². The first kappa shape index (κ1) is 38.9. The number of anilines is 1. The number of nitrogens with zero attached hydrogens (tertiary/aromatic N) is 4. The number of hydrogen-bond acceptors (Lipinski definition) is 7. The summed E-state index contributed by atoms with van der Waals surface area (Å²) in [5.74, 6) is 1.93. The summed E-state index contributed by atoms with van der Waals surface area (Å²) in [5.41, 5.74) is 4.50. The molecule has 8 nitrogen and oxygen atoms in total. The van der Waals surface area contributed by atoms with Crippen LogP contribution in [0.5, 0.6) is 5.75 Å². The Hall–Kier alpha value is -3.52. The third-order valence-electron chi connectivity index (χ3n) is 8.99. The van der Waals surface area contributed by atoms with Crippen LogP contribution in [0.4, 0.5) is 5.69 Å². The van der Waals surface area contributed by atoms with E-state index in [1.54, 1.807) is 7.11 Å². The average molecular weight is 663 g/mol. The number of carbonyl (C=O) groups excluding carboxylic acids is 2. The second-order valence-electron chi connectivity index (χ2n) is 14.3. The highest BCUT2D eigenvalue weighted by molar-refractivity contribution is 5.94. The van der Waals surface area contributed by atoms with Crippen LogP contribution in [0.25, 0.3) is 0 Å². The third kappa shape index (κ3) is 12.5. The average Bonchev–Trinajstić information content (AvgIpc) is 3.04. The molecule has 0 unspecified atom stereocenters. The number of benzene rings is 2. The monoisotopic (exact) mass is 662 g/mol. The number of hydrogen-bond donors (Lipinski definition) is 0. The highest BCUT2D eigenvalue weighted by Gasteiger charge is 2.26. The summed E-state index contributed by atoms with van der Waals surface area (Å²) >= 11 is 0. The molecule has 2 saturated heterocycles. The minimum atomic E-state index is -0.227. The lowest BCUT2D eigenvalue weighted by Crippen LogP contribution is -2.49. The maximum Gasteiger partial charge on any atom is 0.229 e. The minimum Gasteiger partial charge on any atom is -0.497 e. The fraction of sp³-hybridized carbons (Fsp3) is 0.600. The Morgan fingerprint density at radius 1 is 0.958 bits per heavy atom. The van der Waals surface area contributed by atoms with Crippen molar-refractivity contribution in [3.8, 4) is 5.75 Å². The zero-order valence-electron chi connectivity index (χ0n) is 31.1. The van der Waals surface area contributed by atoms with Crippen molar-refractivity contribution < 1.29 is 19.1 Å². The number of amides is 2. The van der Waals surface area contributed by atoms with Gasteiger partial charge in [0.05, 0.1) is 13.7 Å². The van der Waals surface area contributed by atoms with Gasteiger partial charge < -0.3 is 19.3 Å². The first-order chi connectivity index (χ1) is 22.8. The van der Waals surface area contributed by atoms with Crippen molar-refractivity contribution in [1.82, 2.24) is 14.7 Å². The molecule has 2 fully saturated rings. The van der Waals surface area contributed by atoms with Crippen LogP contribution in [0.3, 0.4) is 0 Å². The topological polar surface area (TPSA) is 65.6 Å². The van der Waals surface area contributed by atoms with Crippen LogP contribution in [-0.4, -0.2) is 85.0 Å². The Balaban J connectivity index is 0.00000201. The largest absolute Gasteiger partial charge is 0.497 e. The van der Waals surface area contributed by atoms with Gasteiger partial charge >= 0.3 is 0 Å². The number of likely N-dealkylation sites (tertiary alicyclic amines) is 1. The molecule has 0 spiro atoms. The van der Waals surface area contributed by atoms with Crippen molar-refractivity contribution in [2.75, 3.05) is 57.8 Å². The fourth-order valence-electron chi connectivity index (χ4n) is 6.35. The van der Waals surface area contributed by atoms with E-state index in [4.69, 9.17) is 9.47 Å². The molecule has 0 N–H and O–H groups in total. The van der Waals surface area contributed by atoms with Gasteiger partial charge in [0.1, 0.15) is 11.4 Å². The summed E-state index contributed by atoms with van der Waals surface area (Å²) in [4.78, 5) is 34.0. The number of ether oxygens (including phenoxy) is 2. The van der Waals surface area contributed by atoms with Crippen LogP contribution in [-0.2, 0) is 27.3 Å². The molecule has 0 atom stereocenters. The first-order valence-electron chi connectivity index (χ1n) is 18.0. The predicted octanol–water partition coefficient (Wildman–Crippen LogP) is 7.44. The second-order valence-corrected chi connectivity index (χ2v) is 14.3. The van der Waals surface area contributed by atoms with E-state index in [1.165, 1.54) is 54.4 Å². The Kier molecular flexibility index (Phi) is 15.3. The Labute approximate surface area is 291 Å². The molecule has 0 aliphatic carbocycles. The molecule has 2 aliphatic rings. The van der Waals surface area contributed by atoms with Gasteiger partial charge in [0.2, 0.25) is 11.8 Å². The summed E-state index contributed by atoms with van der Waals surface area (Å²) in [6.07, 6.45) is 5.50. The number of piperidine rings is 1. The predicted molar refractivity (Wildman–Crippen MR) is 197 cm³/mol. The highest BCUT2D eigenvalue weighted by Crippen LogP contribution is 2.26. The lowest BCUT2D eigenvalue weighted by Gasteiger charge is -2.40. The van der Waals surface area contributed by atoms with Crippen LogP contribution in [0.15, 0.2) is 54.9 Å². The van der Waals surface area contributed by atoms with Gasteiger partial charge in [-0.2, -0.15) is 0 Å². The normalized spacial score (nSPS) is 15.8. The van der Waals surface area contributed by atoms with Crippen molar-refractivity contribution in [3.63, 3.8) is 0 Å². The SMILES string of the molecule is C=C(OC(C)(C)C)N1CCC(CN2CCN(c3ccc(CCCC(=O)N(Cc4ccc(OC)cc4)C(C)=O)c(C)c3)CC2)CC1.CCC. The summed E-state index contributed by atoms with van der Waals surface area (Å²) in [7, 11) is 1.62. The smallest absolute Gasteiger partial charge is 0.229 e. The van der Waals surface area contributed by atoms with Crippen LogP contribution in [0, 0.1) is 12.8 Å². The van der Waals surface area contributed by atoms with Crippen molar-refractivity contribution in [3.05, 3.63) is 71.6 Å². The van der Waals surface area contributed by atoms with E-state index in [0.29, 0.717) is 12.8 Å². The zero-order chi connectivity index (χ0) is 35.3. The van der Waals surface area contributed by atoms with E-state index < -0.39 is 0 Å². The van der Waals surface area contributed by atoms with Crippen LogP contribution >= 0.6 is 0 Å². The van der Waals surface area contributed by atoms with E-state index in [1.807, 2.05) is 24.3 Å². The maximum atomic E-state index is 12.9. The fourth-order valence-corrected chi connectivity index (χ4v) is 6.35. The van der Waals surface area contributed by atoms with Crippen LogP contribution < -0.4 is 9.64 Å². The van der Waals surface area contributed by atoms with Crippen LogP contribution in [0.1, 0.15) is 90.3 Å². The van der Waals surface area contributed by atoms with Crippen molar-refractivity contribution >= 4 is 17.5 Å². The molecular formula is C40H62N4O4. The van der Waals surface area contributed by atoms with Gasteiger partial charge in [-0.15, -0.1) is 0 Å². The molecule has 2 aromatic rings. The Morgan fingerprint density at radius 2 is 1.58 bits per heavy atom. The van der Waals surface area contributed by atoms with Gasteiger partial charge in [0.15, 0.2) is 5.88 Å². The molecule has 2 aromatic carbocycles. The second kappa shape index (κ2) is 18.9. The van der Waals surface area contributed by atoms with Gasteiger partial charge in [-0.05, 0) is 107 Å². The molecule has 2 heterocycles. The molecule has 266 valence electrons. The van der Waals surface area contributed by atoms with E-state index in [0.717, 1.165) is 68.8 Å². The van der Waals surface area contributed by atoms with E-state index >= 15 is 0 Å². The zero-order valence-corrected chi connectivity index (χ0v) is 31.1. The maximum absolute atomic E-state index is 12.9. The number of carbonyl (C=O) groups is 2. The molecule has 2 aliphatic heterocycles. The lowest BCUT2D eigenvalue weighted by atomic mass is 9.96. The molecular weight excluding hydrogens is 600 g/mol. The Morgan fingerprint density at radius 3 is 2.12 bits per heavy atom. The Bertz CT molecular complexity index is 1300. The van der Waals surface area contributed by atoms with Gasteiger partial charge in [0, 0.05) is 64.8 Å². The highest BCUT2D eigenvalue weighted by atomic mass is 16.5. The minimum absolute atomic E-state index is 0.129. The summed E-state index contributed by atoms with van der Waals surface area (Å²) in [6, 6.07) is 14.2. The molecule has 0 saturated carbocycles. The molecule has 2 amide bonds.